The van der Waals surface area contributed by atoms with Crippen LogP contribution in [0, 0.1) is 5.92 Å². The van der Waals surface area contributed by atoms with Crippen molar-refractivity contribution >= 4 is 0 Å². The number of aliphatic hydroxyl groups is 1. The minimum Gasteiger partial charge on any atom is -0.396 e. The Morgan fingerprint density at radius 3 is 2.36 bits per heavy atom. The summed E-state index contributed by atoms with van der Waals surface area (Å²) < 4.78 is 13.4. The van der Waals surface area contributed by atoms with Gasteiger partial charge in [0.15, 0.2) is 0 Å². The maximum atomic E-state index is 13.4. The number of alkyl halides is 1. The molecule has 0 atom stereocenters. The summed E-state index contributed by atoms with van der Waals surface area (Å²) in [6.07, 6.45) is 2.61. The van der Waals surface area contributed by atoms with Crippen molar-refractivity contribution in [3.8, 4) is 0 Å². The summed E-state index contributed by atoms with van der Waals surface area (Å²) >= 11 is 0. The summed E-state index contributed by atoms with van der Waals surface area (Å²) in [6, 6.07) is 0. The van der Waals surface area contributed by atoms with Crippen molar-refractivity contribution in [2.75, 3.05) is 13.2 Å². The van der Waals surface area contributed by atoms with E-state index >= 15 is 0 Å². The molecule has 0 amide bonds. The van der Waals surface area contributed by atoms with Gasteiger partial charge in [-0.3, -0.25) is 0 Å². The summed E-state index contributed by atoms with van der Waals surface area (Å²) in [6.45, 7) is 0.325. The Balaban J connectivity index is 2.35. The predicted octanol–water partition coefficient (Wildman–Crippen LogP) is 0.836. The highest BCUT2D eigenvalue weighted by Gasteiger charge is 2.33. The number of rotatable bonds is 2. The van der Waals surface area contributed by atoms with Crippen LogP contribution in [0.4, 0.5) is 4.39 Å². The second-order valence-corrected chi connectivity index (χ2v) is 3.48. The smallest absolute Gasteiger partial charge is 0.123 e. The molecule has 0 spiro atoms. The predicted molar refractivity (Wildman–Crippen MR) is 41.9 cm³/mol. The summed E-state index contributed by atoms with van der Waals surface area (Å²) in [5, 5.41) is 8.78. The van der Waals surface area contributed by atoms with E-state index < -0.39 is 5.67 Å². The molecule has 66 valence electrons. The third-order valence-corrected chi connectivity index (χ3v) is 2.63. The van der Waals surface area contributed by atoms with Gasteiger partial charge in [0.1, 0.15) is 5.67 Å². The Hall–Kier alpha value is -0.150. The van der Waals surface area contributed by atoms with Crippen molar-refractivity contribution < 1.29 is 9.50 Å². The second kappa shape index (κ2) is 3.50. The molecule has 1 aliphatic carbocycles. The topological polar surface area (TPSA) is 46.2 Å². The monoisotopic (exact) mass is 161 g/mol. The van der Waals surface area contributed by atoms with Gasteiger partial charge in [0, 0.05) is 13.2 Å². The average Bonchev–Trinajstić information content (AvgIpc) is 2.06. The van der Waals surface area contributed by atoms with Gasteiger partial charge in [0.05, 0.1) is 0 Å². The number of aliphatic hydroxyl groups excluding tert-OH is 1. The lowest BCUT2D eigenvalue weighted by Gasteiger charge is -2.31. The van der Waals surface area contributed by atoms with Gasteiger partial charge in [0.25, 0.3) is 0 Å². The first-order chi connectivity index (χ1) is 5.20. The van der Waals surface area contributed by atoms with Crippen molar-refractivity contribution in [1.82, 2.24) is 0 Å². The van der Waals surface area contributed by atoms with E-state index in [9.17, 15) is 4.39 Å². The maximum Gasteiger partial charge on any atom is 0.123 e. The number of nitrogens with two attached hydrogens (primary N) is 1. The number of hydrogen-bond donors (Lipinski definition) is 2. The Morgan fingerprint density at radius 1 is 1.45 bits per heavy atom. The molecule has 1 fully saturated rings. The second-order valence-electron chi connectivity index (χ2n) is 3.48. The Kier molecular flexibility index (Phi) is 2.84. The first-order valence-corrected chi connectivity index (χ1v) is 4.20. The highest BCUT2D eigenvalue weighted by Crippen LogP contribution is 2.33. The fourth-order valence-electron chi connectivity index (χ4n) is 1.58. The third kappa shape index (κ3) is 2.14. The lowest BCUT2D eigenvalue weighted by molar-refractivity contribution is 0.0713. The van der Waals surface area contributed by atoms with Crippen molar-refractivity contribution in [2.24, 2.45) is 11.7 Å². The van der Waals surface area contributed by atoms with Crippen LogP contribution in [0.25, 0.3) is 0 Å². The normalized spacial score (nSPS) is 39.0. The molecule has 0 aromatic carbocycles. The van der Waals surface area contributed by atoms with Crippen LogP contribution in [-0.4, -0.2) is 23.9 Å². The summed E-state index contributed by atoms with van der Waals surface area (Å²) in [4.78, 5) is 0. The zero-order valence-electron chi connectivity index (χ0n) is 6.72. The molecular formula is C8H16FNO. The van der Waals surface area contributed by atoms with Crippen molar-refractivity contribution in [1.29, 1.82) is 0 Å². The lowest BCUT2D eigenvalue weighted by Crippen LogP contribution is -2.37. The Bertz CT molecular complexity index is 121. The molecule has 11 heavy (non-hydrogen) atoms. The van der Waals surface area contributed by atoms with Crippen LogP contribution in [0.5, 0.6) is 0 Å². The molecule has 0 saturated heterocycles. The zero-order chi connectivity index (χ0) is 8.32. The van der Waals surface area contributed by atoms with Crippen LogP contribution in [0.15, 0.2) is 0 Å². The van der Waals surface area contributed by atoms with Gasteiger partial charge < -0.3 is 10.8 Å². The maximum absolute atomic E-state index is 13.4. The van der Waals surface area contributed by atoms with E-state index in [2.05, 4.69) is 0 Å². The molecule has 0 aliphatic heterocycles. The lowest BCUT2D eigenvalue weighted by atomic mass is 9.80. The molecular weight excluding hydrogens is 145 g/mol. The van der Waals surface area contributed by atoms with Gasteiger partial charge in [-0.1, -0.05) is 0 Å². The van der Waals surface area contributed by atoms with Gasteiger partial charge in [0.2, 0.25) is 0 Å². The van der Waals surface area contributed by atoms with E-state index in [4.69, 9.17) is 10.8 Å². The molecule has 1 aliphatic rings. The van der Waals surface area contributed by atoms with E-state index in [0.29, 0.717) is 18.8 Å². The largest absolute Gasteiger partial charge is 0.396 e. The van der Waals surface area contributed by atoms with Gasteiger partial charge in [-0.25, -0.2) is 4.39 Å². The summed E-state index contributed by atoms with van der Waals surface area (Å²) in [7, 11) is 0. The molecule has 3 N–H and O–H groups in total. The van der Waals surface area contributed by atoms with Gasteiger partial charge in [-0.2, -0.15) is 0 Å². The van der Waals surface area contributed by atoms with Gasteiger partial charge in [-0.15, -0.1) is 0 Å². The Morgan fingerprint density at radius 2 is 2.00 bits per heavy atom. The van der Waals surface area contributed by atoms with Gasteiger partial charge >= 0.3 is 0 Å². The van der Waals surface area contributed by atoms with E-state index in [-0.39, 0.29) is 13.2 Å². The molecule has 1 rings (SSSR count). The van der Waals surface area contributed by atoms with Crippen molar-refractivity contribution in [3.05, 3.63) is 0 Å². The fourth-order valence-corrected chi connectivity index (χ4v) is 1.58. The van der Waals surface area contributed by atoms with Gasteiger partial charge in [-0.05, 0) is 31.6 Å². The van der Waals surface area contributed by atoms with Crippen LogP contribution in [0.1, 0.15) is 25.7 Å². The molecule has 2 nitrogen and oxygen atoms in total. The van der Waals surface area contributed by atoms with E-state index in [1.807, 2.05) is 0 Å². The standard InChI is InChI=1S/C8H16FNO/c9-8(6-10)3-1-7(5-11)2-4-8/h7,11H,1-6,10H2. The molecule has 0 heterocycles. The van der Waals surface area contributed by atoms with Crippen molar-refractivity contribution in [3.63, 3.8) is 0 Å². The highest BCUT2D eigenvalue weighted by atomic mass is 19.1. The third-order valence-electron chi connectivity index (χ3n) is 2.63. The van der Waals surface area contributed by atoms with Crippen LogP contribution in [-0.2, 0) is 0 Å². The minimum absolute atomic E-state index is 0.130. The van der Waals surface area contributed by atoms with E-state index in [1.54, 1.807) is 0 Å². The van der Waals surface area contributed by atoms with Crippen molar-refractivity contribution in [2.45, 2.75) is 31.4 Å². The first-order valence-electron chi connectivity index (χ1n) is 4.20. The number of hydrogen-bond acceptors (Lipinski definition) is 2. The molecule has 1 saturated carbocycles. The number of halogens is 1. The minimum atomic E-state index is -1.13. The fraction of sp³-hybridized carbons (Fsp3) is 1.00. The van der Waals surface area contributed by atoms with E-state index in [0.717, 1.165) is 12.8 Å². The average molecular weight is 161 g/mol. The molecule has 3 heteroatoms. The Labute approximate surface area is 66.6 Å². The first kappa shape index (κ1) is 8.94. The molecule has 0 unspecified atom stereocenters. The van der Waals surface area contributed by atoms with Crippen LogP contribution in [0.3, 0.4) is 0 Å². The summed E-state index contributed by atoms with van der Waals surface area (Å²) in [5.41, 5.74) is 4.15. The summed E-state index contributed by atoms with van der Waals surface area (Å²) in [5.74, 6) is 0.311. The van der Waals surface area contributed by atoms with E-state index in [1.165, 1.54) is 0 Å². The molecule has 0 aromatic heterocycles. The molecule has 0 aromatic rings. The van der Waals surface area contributed by atoms with Crippen LogP contribution < -0.4 is 5.73 Å². The SMILES string of the molecule is NCC1(F)CCC(CO)CC1. The zero-order valence-corrected chi connectivity index (χ0v) is 6.72. The molecule has 0 bridgehead atoms. The highest BCUT2D eigenvalue weighted by molar-refractivity contribution is 4.86. The molecule has 0 radical (unpaired) electrons. The van der Waals surface area contributed by atoms with Crippen LogP contribution in [0.2, 0.25) is 0 Å². The quantitative estimate of drug-likeness (QED) is 0.630. The van der Waals surface area contributed by atoms with Crippen LogP contribution >= 0.6 is 0 Å².